The average molecular weight is 480 g/mol. The standard InChI is InChI=1S/C10H17N5.C10H8N2O3S.ClH/c11-7-9-1-4-10(5-2-9,6-3-9)8-12-14-15-13-8;13-8-6-4-2-1-3-5(4)16-9(6)12-7(11-8)10(14)15;/h1-7,11H2,(H,12,13,14,15);1-3H2,(H,14,15)(H,11,12,13);1H. The Morgan fingerprint density at radius 2 is 1.88 bits per heavy atom. The Bertz CT molecular complexity index is 1170. The molecule has 5 N–H and O–H groups in total. The molecule has 0 aromatic carbocycles. The van der Waals surface area contributed by atoms with Gasteiger partial charge in [-0.2, -0.15) is 5.21 Å². The van der Waals surface area contributed by atoms with Gasteiger partial charge in [-0.3, -0.25) is 4.79 Å². The summed E-state index contributed by atoms with van der Waals surface area (Å²) in [6, 6.07) is 0. The zero-order valence-corrected chi connectivity index (χ0v) is 19.2. The lowest BCUT2D eigenvalue weighted by atomic mass is 9.53. The highest BCUT2D eigenvalue weighted by molar-refractivity contribution is 7.18. The number of H-pyrrole nitrogens is 2. The molecule has 7 rings (SSSR count). The lowest BCUT2D eigenvalue weighted by Crippen LogP contribution is -2.47. The third-order valence-corrected chi connectivity index (χ3v) is 8.62. The van der Waals surface area contributed by atoms with E-state index in [1.807, 2.05) is 0 Å². The molecule has 3 aromatic heterocycles. The van der Waals surface area contributed by atoms with Crippen LogP contribution in [-0.4, -0.2) is 48.2 Å². The maximum Gasteiger partial charge on any atom is 0.372 e. The topological polar surface area (TPSA) is 164 Å². The number of rotatable bonds is 3. The van der Waals surface area contributed by atoms with E-state index in [1.165, 1.54) is 54.7 Å². The highest BCUT2D eigenvalue weighted by atomic mass is 35.5. The van der Waals surface area contributed by atoms with Gasteiger partial charge in [0.15, 0.2) is 5.82 Å². The predicted molar refractivity (Wildman–Crippen MR) is 122 cm³/mol. The molecule has 3 fully saturated rings. The summed E-state index contributed by atoms with van der Waals surface area (Å²) in [7, 11) is 0. The number of nitrogens with one attached hydrogen (secondary N) is 2. The lowest BCUT2D eigenvalue weighted by molar-refractivity contribution is 0.0425. The fourth-order valence-electron chi connectivity index (χ4n) is 5.39. The SMILES string of the molecule is Cl.NCC12CCC(c3nn[nH]n3)(CC1)CC2.O=C(O)c1nc2sc3c(c2c(=O)[nH]1)CCC3. The predicted octanol–water partition coefficient (Wildman–Crippen LogP) is 2.34. The number of nitrogens with two attached hydrogens (primary N) is 1. The number of nitrogens with zero attached hydrogens (tertiary/aromatic N) is 4. The third-order valence-electron chi connectivity index (χ3n) is 7.43. The van der Waals surface area contributed by atoms with Crippen molar-refractivity contribution in [3.63, 3.8) is 0 Å². The molecule has 32 heavy (non-hydrogen) atoms. The molecule has 0 atom stereocenters. The average Bonchev–Trinajstić information content (AvgIpc) is 3.53. The first kappa shape index (κ1) is 22.8. The van der Waals surface area contributed by atoms with Crippen LogP contribution in [0.2, 0.25) is 0 Å². The summed E-state index contributed by atoms with van der Waals surface area (Å²) >= 11 is 1.44. The summed E-state index contributed by atoms with van der Waals surface area (Å²) < 4.78 is 0. The molecule has 0 spiro atoms. The van der Waals surface area contributed by atoms with Gasteiger partial charge in [-0.1, -0.05) is 5.21 Å². The van der Waals surface area contributed by atoms with Gasteiger partial charge in [0.25, 0.3) is 5.56 Å². The van der Waals surface area contributed by atoms with Gasteiger partial charge in [-0.05, 0) is 75.3 Å². The molecule has 4 aliphatic rings. The van der Waals surface area contributed by atoms with Gasteiger partial charge in [0.2, 0.25) is 5.82 Å². The number of halogens is 1. The highest BCUT2D eigenvalue weighted by Gasteiger charge is 2.50. The van der Waals surface area contributed by atoms with Crippen molar-refractivity contribution in [1.82, 2.24) is 30.6 Å². The number of thiophene rings is 1. The van der Waals surface area contributed by atoms with Crippen molar-refractivity contribution >= 4 is 39.9 Å². The van der Waals surface area contributed by atoms with E-state index >= 15 is 0 Å². The molecule has 0 radical (unpaired) electrons. The maximum absolute atomic E-state index is 11.8. The zero-order valence-electron chi connectivity index (χ0n) is 17.5. The number of tetrazole rings is 1. The van der Waals surface area contributed by atoms with E-state index < -0.39 is 5.97 Å². The molecule has 3 saturated carbocycles. The van der Waals surface area contributed by atoms with Crippen LogP contribution in [0.25, 0.3) is 10.2 Å². The Morgan fingerprint density at radius 1 is 1.16 bits per heavy atom. The molecule has 0 aliphatic heterocycles. The quantitative estimate of drug-likeness (QED) is 0.444. The molecule has 10 nitrogen and oxygen atoms in total. The van der Waals surface area contributed by atoms with Gasteiger partial charge in [0.1, 0.15) is 4.83 Å². The summed E-state index contributed by atoms with van der Waals surface area (Å²) in [5, 5.41) is 24.0. The lowest BCUT2D eigenvalue weighted by Gasteiger charge is -2.51. The number of hydrogen-bond donors (Lipinski definition) is 4. The number of hydrogen-bond acceptors (Lipinski definition) is 8. The summed E-state index contributed by atoms with van der Waals surface area (Å²) in [4.78, 5) is 30.5. The second kappa shape index (κ2) is 8.53. The van der Waals surface area contributed by atoms with Gasteiger partial charge in [0.05, 0.1) is 5.39 Å². The van der Waals surface area contributed by atoms with Crippen LogP contribution >= 0.6 is 23.7 Å². The first-order chi connectivity index (χ1) is 15.0. The largest absolute Gasteiger partial charge is 0.475 e. The number of carboxylic acid groups (broad SMARTS) is 1. The summed E-state index contributed by atoms with van der Waals surface area (Å²) in [5.41, 5.74) is 7.26. The van der Waals surface area contributed by atoms with Crippen LogP contribution in [0, 0.1) is 5.41 Å². The number of aromatic carboxylic acids is 1. The molecular weight excluding hydrogens is 454 g/mol. The van der Waals surface area contributed by atoms with Gasteiger partial charge in [-0.15, -0.1) is 33.9 Å². The second-order valence-corrected chi connectivity index (χ2v) is 10.1. The molecule has 0 saturated heterocycles. The summed E-state index contributed by atoms with van der Waals surface area (Å²) in [5.74, 6) is -0.558. The van der Waals surface area contributed by atoms with Crippen LogP contribution in [0.4, 0.5) is 0 Å². The van der Waals surface area contributed by atoms with E-state index in [0.29, 0.717) is 15.6 Å². The van der Waals surface area contributed by atoms with E-state index in [1.54, 1.807) is 0 Å². The number of aryl methyl sites for hydroxylation is 2. The van der Waals surface area contributed by atoms with Crippen molar-refractivity contribution < 1.29 is 9.90 Å². The molecule has 3 heterocycles. The van der Waals surface area contributed by atoms with E-state index in [4.69, 9.17) is 10.8 Å². The van der Waals surface area contributed by atoms with Crippen molar-refractivity contribution in [3.05, 3.63) is 32.4 Å². The molecule has 3 aromatic rings. The van der Waals surface area contributed by atoms with Gasteiger partial charge >= 0.3 is 5.97 Å². The van der Waals surface area contributed by atoms with E-state index in [9.17, 15) is 9.59 Å². The summed E-state index contributed by atoms with van der Waals surface area (Å²) in [6.07, 6.45) is 10.2. The van der Waals surface area contributed by atoms with Gasteiger partial charge < -0.3 is 15.8 Å². The Balaban J connectivity index is 0.000000149. The zero-order chi connectivity index (χ0) is 21.6. The van der Waals surface area contributed by atoms with Crippen LogP contribution in [0.15, 0.2) is 4.79 Å². The monoisotopic (exact) mass is 479 g/mol. The fraction of sp³-hybridized carbons (Fsp3) is 0.600. The number of fused-ring (bicyclic) bond motifs is 6. The first-order valence-electron chi connectivity index (χ1n) is 10.7. The van der Waals surface area contributed by atoms with Gasteiger partial charge in [0, 0.05) is 10.3 Å². The summed E-state index contributed by atoms with van der Waals surface area (Å²) in [6.45, 7) is 0.843. The minimum Gasteiger partial charge on any atom is -0.475 e. The second-order valence-electron chi connectivity index (χ2n) is 8.98. The molecular formula is C20H26ClN7O3S. The van der Waals surface area contributed by atoms with Crippen molar-refractivity contribution in [3.8, 4) is 0 Å². The molecule has 12 heteroatoms. The Labute approximate surface area is 193 Å². The van der Waals surface area contributed by atoms with Crippen molar-refractivity contribution in [2.75, 3.05) is 6.54 Å². The maximum atomic E-state index is 11.8. The Hall–Kier alpha value is -2.37. The Morgan fingerprint density at radius 3 is 2.47 bits per heavy atom. The minimum absolute atomic E-state index is 0. The molecule has 172 valence electrons. The van der Waals surface area contributed by atoms with Crippen LogP contribution in [0.3, 0.4) is 0 Å². The van der Waals surface area contributed by atoms with Crippen LogP contribution in [0.1, 0.15) is 71.8 Å². The van der Waals surface area contributed by atoms with Crippen molar-refractivity contribution in [1.29, 1.82) is 0 Å². The molecule has 0 unspecified atom stereocenters. The van der Waals surface area contributed by atoms with Crippen LogP contribution < -0.4 is 11.3 Å². The van der Waals surface area contributed by atoms with Crippen LogP contribution in [0.5, 0.6) is 0 Å². The number of aromatic nitrogens is 6. The van der Waals surface area contributed by atoms with Gasteiger partial charge in [-0.25, -0.2) is 9.78 Å². The van der Waals surface area contributed by atoms with E-state index in [-0.39, 0.29) is 29.2 Å². The van der Waals surface area contributed by atoms with Crippen molar-refractivity contribution in [2.45, 2.75) is 63.2 Å². The molecule has 4 aliphatic carbocycles. The minimum atomic E-state index is -1.20. The van der Waals surface area contributed by atoms with Crippen molar-refractivity contribution in [2.24, 2.45) is 11.1 Å². The molecule has 0 amide bonds. The number of carbonyl (C=O) groups is 1. The number of carboxylic acids is 1. The van der Waals surface area contributed by atoms with E-state index in [2.05, 4.69) is 30.6 Å². The van der Waals surface area contributed by atoms with E-state index in [0.717, 1.165) is 37.2 Å². The fourth-order valence-corrected chi connectivity index (χ4v) is 6.66. The Kier molecular flexibility index (Phi) is 6.08. The smallest absolute Gasteiger partial charge is 0.372 e. The third kappa shape index (κ3) is 3.71. The van der Waals surface area contributed by atoms with Crippen LogP contribution in [-0.2, 0) is 18.3 Å². The normalized spacial score (nSPS) is 25.7. The highest BCUT2D eigenvalue weighted by Crippen LogP contribution is 2.56. The first-order valence-corrected chi connectivity index (χ1v) is 11.5. The molecule has 2 bridgehead atoms. The number of aromatic amines is 2.